The molecule has 0 saturated heterocycles. The summed E-state index contributed by atoms with van der Waals surface area (Å²) in [6.07, 6.45) is 4.39. The molecule has 0 heterocycles. The molecule has 5 nitrogen and oxygen atoms in total. The first-order valence-corrected chi connectivity index (χ1v) is 12.3. The lowest BCUT2D eigenvalue weighted by molar-refractivity contribution is -0.116. The van der Waals surface area contributed by atoms with Crippen LogP contribution >= 0.6 is 15.9 Å². The molecule has 7 heteroatoms. The average Bonchev–Trinajstić information content (AvgIpc) is 3.50. The van der Waals surface area contributed by atoms with Gasteiger partial charge in [-0.3, -0.25) is 4.79 Å². The van der Waals surface area contributed by atoms with Crippen LogP contribution < -0.4 is 10.0 Å². The zero-order valence-electron chi connectivity index (χ0n) is 16.8. The molecule has 2 aromatic rings. The Morgan fingerprint density at radius 3 is 2.17 bits per heavy atom. The van der Waals surface area contributed by atoms with Crippen molar-refractivity contribution in [3.05, 3.63) is 57.6 Å². The maximum atomic E-state index is 12.5. The van der Waals surface area contributed by atoms with E-state index in [2.05, 4.69) is 39.8 Å². The van der Waals surface area contributed by atoms with Crippen molar-refractivity contribution in [3.8, 4) is 0 Å². The Balaban J connectivity index is 1.61. The Morgan fingerprint density at radius 2 is 1.66 bits per heavy atom. The Morgan fingerprint density at radius 1 is 1.07 bits per heavy atom. The number of benzene rings is 2. The first-order valence-electron chi connectivity index (χ1n) is 10.0. The van der Waals surface area contributed by atoms with Crippen LogP contribution in [0.5, 0.6) is 0 Å². The fraction of sp³-hybridized carbons (Fsp3) is 0.409. The quantitative estimate of drug-likeness (QED) is 0.553. The minimum absolute atomic E-state index is 0.0381. The third-order valence-electron chi connectivity index (χ3n) is 5.07. The molecule has 0 aromatic heterocycles. The third kappa shape index (κ3) is 5.90. The summed E-state index contributed by atoms with van der Waals surface area (Å²) in [5.74, 6) is -0.0381. The number of rotatable bonds is 9. The predicted molar refractivity (Wildman–Crippen MR) is 120 cm³/mol. The highest BCUT2D eigenvalue weighted by Gasteiger charge is 2.27. The van der Waals surface area contributed by atoms with Gasteiger partial charge in [-0.25, -0.2) is 13.1 Å². The van der Waals surface area contributed by atoms with Gasteiger partial charge >= 0.3 is 0 Å². The number of halogens is 1. The van der Waals surface area contributed by atoms with Gasteiger partial charge in [0.15, 0.2) is 0 Å². The van der Waals surface area contributed by atoms with Gasteiger partial charge in [-0.1, -0.05) is 41.9 Å². The summed E-state index contributed by atoms with van der Waals surface area (Å²) in [5.41, 5.74) is 4.08. The van der Waals surface area contributed by atoms with Crippen molar-refractivity contribution in [3.63, 3.8) is 0 Å². The minimum Gasteiger partial charge on any atom is -0.326 e. The van der Waals surface area contributed by atoms with E-state index in [1.54, 1.807) is 24.3 Å². The maximum Gasteiger partial charge on any atom is 0.240 e. The lowest BCUT2D eigenvalue weighted by Gasteiger charge is -2.15. The van der Waals surface area contributed by atoms with Crippen LogP contribution in [-0.4, -0.2) is 20.4 Å². The molecular weight excluding hydrogens is 452 g/mol. The monoisotopic (exact) mass is 478 g/mol. The molecule has 0 aliphatic heterocycles. The molecule has 1 aliphatic rings. The van der Waals surface area contributed by atoms with Crippen molar-refractivity contribution in [2.45, 2.75) is 63.3 Å². The predicted octanol–water partition coefficient (Wildman–Crippen LogP) is 4.59. The third-order valence-corrected chi connectivity index (χ3v) is 7.06. The van der Waals surface area contributed by atoms with E-state index in [1.165, 1.54) is 0 Å². The molecule has 0 radical (unpaired) electrons. The highest BCUT2D eigenvalue weighted by atomic mass is 79.9. The molecule has 1 amide bonds. The van der Waals surface area contributed by atoms with Crippen LogP contribution in [0.15, 0.2) is 45.8 Å². The van der Waals surface area contributed by atoms with E-state index in [1.807, 2.05) is 12.1 Å². The summed E-state index contributed by atoms with van der Waals surface area (Å²) in [7, 11) is -3.44. The summed E-state index contributed by atoms with van der Waals surface area (Å²) < 4.78 is 28.2. The topological polar surface area (TPSA) is 75.3 Å². The van der Waals surface area contributed by atoms with E-state index in [0.29, 0.717) is 12.8 Å². The highest BCUT2D eigenvalue weighted by molar-refractivity contribution is 9.10. The zero-order valence-corrected chi connectivity index (χ0v) is 19.2. The summed E-state index contributed by atoms with van der Waals surface area (Å²) >= 11 is 3.53. The zero-order chi connectivity index (χ0) is 21.0. The molecule has 0 atom stereocenters. The second-order valence-electron chi connectivity index (χ2n) is 7.39. The van der Waals surface area contributed by atoms with Crippen molar-refractivity contribution >= 4 is 37.5 Å². The van der Waals surface area contributed by atoms with Crippen molar-refractivity contribution in [2.75, 3.05) is 5.32 Å². The number of sulfonamides is 1. The van der Waals surface area contributed by atoms with E-state index >= 15 is 0 Å². The summed E-state index contributed by atoms with van der Waals surface area (Å²) in [6, 6.07) is 11.0. The van der Waals surface area contributed by atoms with Gasteiger partial charge in [0.2, 0.25) is 15.9 Å². The maximum absolute atomic E-state index is 12.5. The normalized spacial score (nSPS) is 14.0. The van der Waals surface area contributed by atoms with Gasteiger partial charge in [0.1, 0.15) is 0 Å². The van der Waals surface area contributed by atoms with Crippen molar-refractivity contribution in [1.82, 2.24) is 4.72 Å². The lowest BCUT2D eigenvalue weighted by Crippen LogP contribution is -2.25. The Hall–Kier alpha value is -1.70. The molecule has 3 rings (SSSR count). The number of carbonyl (C=O) groups is 1. The SMILES string of the molecule is CCc1cc(Br)cc(CC)c1NC(=O)CCc1ccc(S(=O)(=O)NC2CC2)cc1. The molecule has 1 saturated carbocycles. The largest absolute Gasteiger partial charge is 0.326 e. The molecule has 0 unspecified atom stereocenters. The van der Waals surface area contributed by atoms with E-state index in [4.69, 9.17) is 0 Å². The van der Waals surface area contributed by atoms with E-state index in [9.17, 15) is 13.2 Å². The average molecular weight is 479 g/mol. The van der Waals surface area contributed by atoms with Gasteiger partial charge in [0.25, 0.3) is 0 Å². The van der Waals surface area contributed by atoms with Gasteiger partial charge in [0.05, 0.1) is 4.90 Å². The van der Waals surface area contributed by atoms with E-state index < -0.39 is 10.0 Å². The molecule has 1 fully saturated rings. The fourth-order valence-corrected chi connectivity index (χ4v) is 5.08. The minimum atomic E-state index is -3.44. The van der Waals surface area contributed by atoms with E-state index in [0.717, 1.165) is 52.5 Å². The number of nitrogens with one attached hydrogen (secondary N) is 2. The van der Waals surface area contributed by atoms with Crippen LogP contribution in [0.1, 0.15) is 49.8 Å². The second-order valence-corrected chi connectivity index (χ2v) is 10.0. The number of carbonyl (C=O) groups excluding carboxylic acids is 1. The Labute approximate surface area is 181 Å². The molecule has 2 N–H and O–H groups in total. The standard InChI is InChI=1S/C22H27BrN2O3S/c1-3-16-13-18(23)14-17(4-2)22(16)24-21(26)12-7-15-5-10-20(11-6-15)29(27,28)25-19-8-9-19/h5-6,10-11,13-14,19,25H,3-4,7-9,12H2,1-2H3,(H,24,26). The molecule has 0 spiro atoms. The van der Waals surface area contributed by atoms with Crippen molar-refractivity contribution in [2.24, 2.45) is 0 Å². The molecular formula is C22H27BrN2O3S. The summed E-state index contributed by atoms with van der Waals surface area (Å²) in [4.78, 5) is 12.8. The summed E-state index contributed by atoms with van der Waals surface area (Å²) in [6.45, 7) is 4.15. The number of aryl methyl sites for hydroxylation is 3. The fourth-order valence-electron chi connectivity index (χ4n) is 3.23. The van der Waals surface area contributed by atoms with Gasteiger partial charge in [-0.2, -0.15) is 0 Å². The van der Waals surface area contributed by atoms with Gasteiger partial charge in [-0.15, -0.1) is 0 Å². The van der Waals surface area contributed by atoms with Gasteiger partial charge in [-0.05, 0) is 73.1 Å². The van der Waals surface area contributed by atoms with Crippen LogP contribution in [0.4, 0.5) is 5.69 Å². The lowest BCUT2D eigenvalue weighted by atomic mass is 10.0. The van der Waals surface area contributed by atoms with Crippen LogP contribution in [0.25, 0.3) is 0 Å². The van der Waals surface area contributed by atoms with Crippen LogP contribution in [0, 0.1) is 0 Å². The highest BCUT2D eigenvalue weighted by Crippen LogP contribution is 2.28. The molecule has 156 valence electrons. The van der Waals surface area contributed by atoms with Gasteiger partial charge in [0, 0.05) is 22.6 Å². The van der Waals surface area contributed by atoms with Crippen molar-refractivity contribution < 1.29 is 13.2 Å². The summed E-state index contributed by atoms with van der Waals surface area (Å²) in [5, 5.41) is 3.08. The van der Waals surface area contributed by atoms with Crippen LogP contribution in [0.3, 0.4) is 0 Å². The number of amides is 1. The second kappa shape index (κ2) is 9.41. The molecule has 2 aromatic carbocycles. The van der Waals surface area contributed by atoms with Crippen LogP contribution in [-0.2, 0) is 34.1 Å². The Kier molecular flexibility index (Phi) is 7.14. The van der Waals surface area contributed by atoms with Gasteiger partial charge < -0.3 is 5.32 Å². The molecule has 1 aliphatic carbocycles. The van der Waals surface area contributed by atoms with E-state index in [-0.39, 0.29) is 16.8 Å². The number of anilines is 1. The number of hydrogen-bond acceptors (Lipinski definition) is 3. The first-order chi connectivity index (χ1) is 13.8. The van der Waals surface area contributed by atoms with Crippen LogP contribution in [0.2, 0.25) is 0 Å². The molecule has 0 bridgehead atoms. The molecule has 29 heavy (non-hydrogen) atoms. The first kappa shape index (κ1) is 22.0. The van der Waals surface area contributed by atoms with Crippen molar-refractivity contribution in [1.29, 1.82) is 0 Å². The smallest absolute Gasteiger partial charge is 0.240 e. The number of hydrogen-bond donors (Lipinski definition) is 2. The Bertz CT molecular complexity index is 959.